The van der Waals surface area contributed by atoms with Crippen molar-refractivity contribution in [1.82, 2.24) is 37.2 Å². The fourth-order valence-corrected chi connectivity index (χ4v) is 11.6. The van der Waals surface area contributed by atoms with Gasteiger partial charge in [-0.2, -0.15) is 0 Å². The van der Waals surface area contributed by atoms with E-state index in [1.807, 2.05) is 0 Å². The summed E-state index contributed by atoms with van der Waals surface area (Å²) in [4.78, 5) is 113. The van der Waals surface area contributed by atoms with Crippen LogP contribution < -0.4 is 37.2 Å². The Morgan fingerprint density at radius 3 is 0.991 bits per heavy atom. The average Bonchev–Trinajstić information content (AvgIpc) is 0.831. The minimum atomic E-state index is -4.07. The fourth-order valence-electron chi connectivity index (χ4n) is 11.2. The Balaban J connectivity index is 1.55. The molecule has 16 atom stereocenters. The first kappa shape index (κ1) is 98.4. The van der Waals surface area contributed by atoms with E-state index in [4.69, 9.17) is 47.2 Å². The molecule has 3 heterocycles. The number of nitrogens with one attached hydrogen (secondary N) is 7. The van der Waals surface area contributed by atoms with E-state index in [0.29, 0.717) is 96.4 Å². The van der Waals surface area contributed by atoms with Gasteiger partial charge in [0.25, 0.3) is 0 Å². The minimum absolute atomic E-state index is 0.0168. The number of hydrogen-bond acceptors (Lipinski definition) is 32. The number of phosphoric ester groups is 1. The first-order valence-electron chi connectivity index (χ1n) is 37.7. The molecule has 3 aliphatic heterocycles. The molecule has 0 aromatic heterocycles. The molecule has 3 saturated heterocycles. The lowest BCUT2D eigenvalue weighted by Gasteiger charge is -2.39. The molecule has 40 nitrogen and oxygen atoms in total. The van der Waals surface area contributed by atoms with Crippen molar-refractivity contribution in [3.8, 4) is 0 Å². The lowest BCUT2D eigenvalue weighted by atomic mass is 9.99. The SMILES string of the molecule is COP(=O)(O)OCCCCCCNC(=O)CCCC(=O)NC(COCCC(=O)NCCCCC(=O)CCCCO[C@H]1OC(CO)[C@@H](O)[C@H](O)C1O)(COCCC(=O)NCCCNC(=O)CCCCO[C@H]1OC(CO)[C@@H](O)[C@H](O)C1O)COCCC(=O)NCCCNC(=O)CCCCO[C@H]1OC(CO)[C@@H](O)[C@H](O)C1O. The normalized spacial score (nSPS) is 25.3. The molecule has 41 heteroatoms. The van der Waals surface area contributed by atoms with Crippen LogP contribution in [0.3, 0.4) is 0 Å². The average molecular weight is 1600 g/mol. The summed E-state index contributed by atoms with van der Waals surface area (Å²) < 4.78 is 71.2. The number of ketones is 1. The fraction of sp³-hybridized carbons (Fsp3) is 0.882. The van der Waals surface area contributed by atoms with Crippen LogP contribution >= 0.6 is 7.82 Å². The van der Waals surface area contributed by atoms with Gasteiger partial charge in [0, 0.05) is 124 Å². The Morgan fingerprint density at radius 1 is 0.339 bits per heavy atom. The predicted molar refractivity (Wildman–Crippen MR) is 379 cm³/mol. The van der Waals surface area contributed by atoms with Crippen molar-refractivity contribution in [3.05, 3.63) is 0 Å². The second-order valence-corrected chi connectivity index (χ2v) is 28.4. The number of aliphatic hydroxyl groups is 12. The van der Waals surface area contributed by atoms with Gasteiger partial charge >= 0.3 is 7.82 Å². The smallest absolute Gasteiger partial charge is 0.394 e. The summed E-state index contributed by atoms with van der Waals surface area (Å²) in [6.45, 7) is -1.62. The number of rotatable bonds is 63. The van der Waals surface area contributed by atoms with Crippen LogP contribution in [0.2, 0.25) is 0 Å². The van der Waals surface area contributed by atoms with Crippen molar-refractivity contribution in [3.63, 3.8) is 0 Å². The molecule has 0 aliphatic carbocycles. The molecule has 7 amide bonds. The quantitative estimate of drug-likeness (QED) is 0.0200. The number of carbonyl (C=O) groups is 8. The van der Waals surface area contributed by atoms with Gasteiger partial charge in [-0.05, 0) is 83.5 Å². The summed E-state index contributed by atoms with van der Waals surface area (Å²) in [5.74, 6) is -2.59. The minimum Gasteiger partial charge on any atom is -0.394 e. The molecule has 0 radical (unpaired) electrons. The van der Waals surface area contributed by atoms with Crippen LogP contribution in [-0.2, 0) is 94.6 Å². The maximum absolute atomic E-state index is 13.9. The molecule has 0 spiro atoms. The van der Waals surface area contributed by atoms with Crippen LogP contribution in [0.25, 0.3) is 0 Å². The number of aliphatic hydroxyl groups excluding tert-OH is 12. The van der Waals surface area contributed by atoms with Crippen LogP contribution in [-0.4, -0.2) is 343 Å². The third-order valence-electron chi connectivity index (χ3n) is 17.7. The lowest BCUT2D eigenvalue weighted by molar-refractivity contribution is -0.301. The second-order valence-electron chi connectivity index (χ2n) is 26.9. The van der Waals surface area contributed by atoms with Gasteiger partial charge in [0.15, 0.2) is 18.9 Å². The molecular weight excluding hydrogens is 1470 g/mol. The molecule has 7 unspecified atom stereocenters. The molecule has 0 aromatic carbocycles. The van der Waals surface area contributed by atoms with Gasteiger partial charge in [-0.25, -0.2) is 4.57 Å². The molecule has 3 rings (SSSR count). The van der Waals surface area contributed by atoms with E-state index in [0.717, 1.165) is 7.11 Å². The predicted octanol–water partition coefficient (Wildman–Crippen LogP) is -5.27. The number of unbranched alkanes of at least 4 members (excludes halogenated alkanes) is 7. The number of phosphoric acid groups is 1. The first-order chi connectivity index (χ1) is 52.2. The van der Waals surface area contributed by atoms with Gasteiger partial charge in [0.05, 0.1) is 66.1 Å². The molecule has 634 valence electrons. The number of Topliss-reactive ketones (excluding diaryl/α,β-unsaturated/α-hetero) is 1. The second kappa shape index (κ2) is 57.3. The highest BCUT2D eigenvalue weighted by Gasteiger charge is 2.46. The van der Waals surface area contributed by atoms with Crippen molar-refractivity contribution < 1.29 is 161 Å². The Labute approximate surface area is 634 Å². The molecule has 3 aliphatic rings. The highest BCUT2D eigenvalue weighted by atomic mass is 31.2. The highest BCUT2D eigenvalue weighted by Crippen LogP contribution is 2.42. The topological polar surface area (TPSA) is 602 Å². The van der Waals surface area contributed by atoms with E-state index in [-0.39, 0.29) is 192 Å². The van der Waals surface area contributed by atoms with Crippen molar-refractivity contribution in [1.29, 1.82) is 0 Å². The van der Waals surface area contributed by atoms with E-state index in [1.54, 1.807) is 0 Å². The van der Waals surface area contributed by atoms with Crippen molar-refractivity contribution >= 4 is 55.0 Å². The Bertz CT molecular complexity index is 2400. The molecule has 3 fully saturated rings. The molecule has 109 heavy (non-hydrogen) atoms. The zero-order valence-corrected chi connectivity index (χ0v) is 63.4. The molecular formula is C68H124N7O33P. The molecule has 0 saturated carbocycles. The molecule has 20 N–H and O–H groups in total. The maximum Gasteiger partial charge on any atom is 0.471 e. The molecule has 0 aromatic rings. The summed E-state index contributed by atoms with van der Waals surface area (Å²) in [6, 6.07) is 0. The highest BCUT2D eigenvalue weighted by molar-refractivity contribution is 7.47. The van der Waals surface area contributed by atoms with E-state index >= 15 is 0 Å². The summed E-state index contributed by atoms with van der Waals surface area (Å²) in [5.41, 5.74) is -1.51. The third-order valence-corrected chi connectivity index (χ3v) is 18.7. The van der Waals surface area contributed by atoms with Crippen molar-refractivity contribution in [2.24, 2.45) is 0 Å². The Morgan fingerprint density at radius 2 is 0.633 bits per heavy atom. The number of hydrogen-bond donors (Lipinski definition) is 20. The van der Waals surface area contributed by atoms with E-state index in [2.05, 4.69) is 41.7 Å². The summed E-state index contributed by atoms with van der Waals surface area (Å²) in [6.07, 6.45) is -14.3. The van der Waals surface area contributed by atoms with Gasteiger partial charge in [0.1, 0.15) is 84.6 Å². The van der Waals surface area contributed by atoms with Gasteiger partial charge in [-0.1, -0.05) is 12.8 Å². The lowest BCUT2D eigenvalue weighted by Crippen LogP contribution is -2.59. The van der Waals surface area contributed by atoms with Crippen molar-refractivity contribution in [2.45, 2.75) is 252 Å². The van der Waals surface area contributed by atoms with Gasteiger partial charge in [-0.3, -0.25) is 47.4 Å². The van der Waals surface area contributed by atoms with Crippen LogP contribution in [0.4, 0.5) is 0 Å². The first-order valence-corrected chi connectivity index (χ1v) is 39.2. The standard InChI is InChI=1S/C68H124N7O33P/c1-98-109(96,97)105-35-10-3-2-8-26-69-51(82)21-14-22-55(86)75-68(42-99-36-23-52(83)70-27-9-4-17-45(79)18-5-11-32-102-65-62(93)59(90)56(87)46(39-76)106-65,43-100-37-24-53(84)73-30-15-28-71-49(80)19-6-12-33-103-66-63(94)60(91)57(88)47(40-77)107-66)44-101-38-25-54(85)74-31-16-29-72-50(81)20-7-13-34-104-67-64(95)61(92)58(89)48(41-78)108-67/h46-48,56-67,76-78,87-95H,2-44H2,1H3,(H,69,82)(H,70,83)(H,71,80)(H,72,81)(H,73,84)(H,74,85)(H,75,86)(H,96,97)/t46?,47?,48?,56-,57-,58-,59+,60+,61+,62?,63?,64?,65+,66+,67+,68?/m1/s1. The number of carbonyl (C=O) groups excluding carboxylic acids is 8. The van der Waals surface area contributed by atoms with Gasteiger partial charge < -0.3 is 146 Å². The third kappa shape index (κ3) is 41.7. The van der Waals surface area contributed by atoms with E-state index < -0.39 is 143 Å². The van der Waals surface area contributed by atoms with E-state index in [1.165, 1.54) is 0 Å². The van der Waals surface area contributed by atoms with Crippen LogP contribution in [0.15, 0.2) is 0 Å². The van der Waals surface area contributed by atoms with Gasteiger partial charge in [0.2, 0.25) is 41.4 Å². The number of ether oxygens (including phenoxy) is 9. The number of amides is 7. The van der Waals surface area contributed by atoms with E-state index in [9.17, 15) is 109 Å². The van der Waals surface area contributed by atoms with Crippen molar-refractivity contribution in [2.75, 3.05) is 132 Å². The Kier molecular flexibility index (Phi) is 51.7. The monoisotopic (exact) mass is 1600 g/mol. The summed E-state index contributed by atoms with van der Waals surface area (Å²) in [7, 11) is -3.01. The zero-order valence-electron chi connectivity index (χ0n) is 62.5. The largest absolute Gasteiger partial charge is 0.471 e. The molecule has 0 bridgehead atoms. The van der Waals surface area contributed by atoms with Crippen LogP contribution in [0, 0.1) is 0 Å². The van der Waals surface area contributed by atoms with Crippen LogP contribution in [0.5, 0.6) is 0 Å². The summed E-state index contributed by atoms with van der Waals surface area (Å²) >= 11 is 0. The van der Waals surface area contributed by atoms with Gasteiger partial charge in [-0.15, -0.1) is 0 Å². The maximum atomic E-state index is 13.9. The zero-order chi connectivity index (χ0) is 80.4. The Hall–Kier alpha value is -4.77. The van der Waals surface area contributed by atoms with Crippen LogP contribution in [0.1, 0.15) is 154 Å². The summed E-state index contributed by atoms with van der Waals surface area (Å²) in [5, 5.41) is 138.